The van der Waals surface area contributed by atoms with Crippen LogP contribution in [0.2, 0.25) is 4.34 Å². The lowest BCUT2D eigenvalue weighted by Crippen LogP contribution is -2.09. The molecule has 18 heavy (non-hydrogen) atoms. The number of thioether (sulfide) groups is 1. The molecule has 1 fully saturated rings. The average molecular weight is 302 g/mol. The van der Waals surface area contributed by atoms with Gasteiger partial charge in [0.05, 0.1) is 15.6 Å². The summed E-state index contributed by atoms with van der Waals surface area (Å²) in [5, 5.41) is 12.9. The second-order valence-electron chi connectivity index (χ2n) is 4.12. The van der Waals surface area contributed by atoms with Crippen molar-refractivity contribution in [1.29, 1.82) is 0 Å². The topological polar surface area (TPSA) is 69.6 Å². The van der Waals surface area contributed by atoms with Crippen LogP contribution in [0.25, 0.3) is 0 Å². The van der Waals surface area contributed by atoms with E-state index >= 15 is 0 Å². The number of halogens is 1. The summed E-state index contributed by atoms with van der Waals surface area (Å²) in [5.41, 5.74) is 5.84. The Morgan fingerprint density at radius 2 is 2.39 bits per heavy atom. The lowest BCUT2D eigenvalue weighted by atomic mass is 10.3. The van der Waals surface area contributed by atoms with E-state index in [1.807, 2.05) is 16.8 Å². The number of nitrogens with zero attached hydrogens (tertiary/aromatic N) is 4. The lowest BCUT2D eigenvalue weighted by Gasteiger charge is -2.11. The first kappa shape index (κ1) is 12.4. The Bertz CT molecular complexity index is 536. The maximum absolute atomic E-state index is 5.96. The summed E-state index contributed by atoms with van der Waals surface area (Å²) in [6.07, 6.45) is 2.33. The number of hydrogen-bond acceptors (Lipinski definition) is 6. The van der Waals surface area contributed by atoms with Crippen LogP contribution in [0.4, 0.5) is 0 Å². The van der Waals surface area contributed by atoms with Crippen LogP contribution in [0.15, 0.2) is 17.3 Å². The molecule has 2 aromatic rings. The number of nitrogens with two attached hydrogens (primary N) is 1. The first-order valence-corrected chi connectivity index (χ1v) is 7.75. The minimum Gasteiger partial charge on any atom is -0.329 e. The van der Waals surface area contributed by atoms with Crippen LogP contribution in [0.5, 0.6) is 0 Å². The molecular formula is C10H12ClN5S2. The lowest BCUT2D eigenvalue weighted by molar-refractivity contribution is 0.564. The summed E-state index contributed by atoms with van der Waals surface area (Å²) in [7, 11) is 0. The highest BCUT2D eigenvalue weighted by molar-refractivity contribution is 7.99. The van der Waals surface area contributed by atoms with E-state index in [-0.39, 0.29) is 5.25 Å². The van der Waals surface area contributed by atoms with E-state index in [2.05, 4.69) is 15.5 Å². The zero-order chi connectivity index (χ0) is 12.5. The number of aromatic nitrogens is 4. The van der Waals surface area contributed by atoms with Crippen molar-refractivity contribution in [2.75, 3.05) is 6.54 Å². The minimum absolute atomic E-state index is 0.158. The third-order valence-corrected chi connectivity index (χ3v) is 5.43. The Morgan fingerprint density at radius 1 is 1.56 bits per heavy atom. The van der Waals surface area contributed by atoms with Gasteiger partial charge in [-0.2, -0.15) is 0 Å². The van der Waals surface area contributed by atoms with Crippen LogP contribution in [0.1, 0.15) is 29.0 Å². The number of tetrazole rings is 1. The molecule has 96 valence electrons. The SMILES string of the molecule is NCC(Sc1nnnn1C1CC1)c1ccc(Cl)s1. The zero-order valence-corrected chi connectivity index (χ0v) is 11.9. The van der Waals surface area contributed by atoms with Crippen molar-refractivity contribution >= 4 is 34.7 Å². The zero-order valence-electron chi connectivity index (χ0n) is 9.49. The van der Waals surface area contributed by atoms with Crippen molar-refractivity contribution in [3.05, 3.63) is 21.3 Å². The molecule has 8 heteroatoms. The Balaban J connectivity index is 1.78. The highest BCUT2D eigenvalue weighted by Crippen LogP contribution is 2.41. The average Bonchev–Trinajstić information content (AvgIpc) is 2.96. The monoisotopic (exact) mass is 301 g/mol. The summed E-state index contributed by atoms with van der Waals surface area (Å²) >= 11 is 9.13. The van der Waals surface area contributed by atoms with Gasteiger partial charge in [-0.15, -0.1) is 16.4 Å². The van der Waals surface area contributed by atoms with Gasteiger partial charge in [0.1, 0.15) is 0 Å². The van der Waals surface area contributed by atoms with Gasteiger partial charge in [0.15, 0.2) is 0 Å². The normalized spacial score (nSPS) is 17.0. The summed E-state index contributed by atoms with van der Waals surface area (Å²) in [5.74, 6) is 0. The molecule has 1 saturated carbocycles. The van der Waals surface area contributed by atoms with Crippen LogP contribution in [-0.2, 0) is 0 Å². The fourth-order valence-corrected chi connectivity index (χ4v) is 3.93. The second-order valence-corrected chi connectivity index (χ2v) is 7.04. The first-order valence-electron chi connectivity index (χ1n) is 5.67. The van der Waals surface area contributed by atoms with Gasteiger partial charge in [-0.1, -0.05) is 23.4 Å². The Kier molecular flexibility index (Phi) is 3.56. The van der Waals surface area contributed by atoms with Crippen LogP contribution < -0.4 is 5.73 Å². The third kappa shape index (κ3) is 2.54. The van der Waals surface area contributed by atoms with Crippen molar-refractivity contribution in [3.8, 4) is 0 Å². The quantitative estimate of drug-likeness (QED) is 0.859. The molecule has 0 radical (unpaired) electrons. The van der Waals surface area contributed by atoms with Crippen LogP contribution in [0, 0.1) is 0 Å². The van der Waals surface area contributed by atoms with Crippen molar-refractivity contribution in [1.82, 2.24) is 20.2 Å². The van der Waals surface area contributed by atoms with Gasteiger partial charge >= 0.3 is 0 Å². The van der Waals surface area contributed by atoms with E-state index in [1.54, 1.807) is 23.1 Å². The fourth-order valence-electron chi connectivity index (χ4n) is 1.66. The Morgan fingerprint density at radius 3 is 3.00 bits per heavy atom. The molecule has 1 aliphatic carbocycles. The number of hydrogen-bond donors (Lipinski definition) is 1. The van der Waals surface area contributed by atoms with Gasteiger partial charge in [0, 0.05) is 11.4 Å². The molecule has 2 N–H and O–H groups in total. The van der Waals surface area contributed by atoms with Crippen LogP contribution in [0.3, 0.4) is 0 Å². The van der Waals surface area contributed by atoms with E-state index in [1.165, 1.54) is 0 Å². The first-order chi connectivity index (χ1) is 8.78. The van der Waals surface area contributed by atoms with Gasteiger partial charge in [0.25, 0.3) is 0 Å². The van der Waals surface area contributed by atoms with Crippen LogP contribution in [-0.4, -0.2) is 26.8 Å². The second kappa shape index (κ2) is 5.16. The summed E-state index contributed by atoms with van der Waals surface area (Å²) in [6, 6.07) is 4.39. The van der Waals surface area contributed by atoms with Crippen molar-refractivity contribution < 1.29 is 0 Å². The van der Waals surface area contributed by atoms with E-state index in [0.717, 1.165) is 27.2 Å². The summed E-state index contributed by atoms with van der Waals surface area (Å²) in [4.78, 5) is 1.16. The summed E-state index contributed by atoms with van der Waals surface area (Å²) < 4.78 is 2.69. The maximum atomic E-state index is 5.96. The molecule has 0 saturated heterocycles. The molecule has 0 bridgehead atoms. The molecule has 2 heterocycles. The molecular weight excluding hydrogens is 290 g/mol. The van der Waals surface area contributed by atoms with Gasteiger partial charge in [-0.3, -0.25) is 0 Å². The van der Waals surface area contributed by atoms with Crippen molar-refractivity contribution in [2.24, 2.45) is 5.73 Å². The van der Waals surface area contributed by atoms with Gasteiger partial charge in [0.2, 0.25) is 5.16 Å². The summed E-state index contributed by atoms with van der Waals surface area (Å²) in [6.45, 7) is 0.541. The maximum Gasteiger partial charge on any atom is 0.210 e. The van der Waals surface area contributed by atoms with E-state index in [9.17, 15) is 0 Å². The molecule has 5 nitrogen and oxygen atoms in total. The largest absolute Gasteiger partial charge is 0.329 e. The Labute approximate surface area is 118 Å². The van der Waals surface area contributed by atoms with Crippen LogP contribution >= 0.6 is 34.7 Å². The molecule has 2 aromatic heterocycles. The Hall–Kier alpha value is -0.630. The highest BCUT2D eigenvalue weighted by Gasteiger charge is 2.29. The van der Waals surface area contributed by atoms with Crippen molar-refractivity contribution in [2.45, 2.75) is 29.3 Å². The van der Waals surface area contributed by atoms with E-state index in [4.69, 9.17) is 17.3 Å². The van der Waals surface area contributed by atoms with E-state index in [0.29, 0.717) is 12.6 Å². The molecule has 0 aromatic carbocycles. The number of thiophene rings is 1. The smallest absolute Gasteiger partial charge is 0.210 e. The highest BCUT2D eigenvalue weighted by atomic mass is 35.5. The molecule has 0 spiro atoms. The molecule has 1 aliphatic rings. The standard InChI is InChI=1S/C10H12ClN5S2/c11-9-4-3-7(17-9)8(5-12)18-10-13-14-15-16(10)6-1-2-6/h3-4,6,8H,1-2,5,12H2. The fraction of sp³-hybridized carbons (Fsp3) is 0.500. The van der Waals surface area contributed by atoms with Gasteiger partial charge in [-0.25, -0.2) is 4.68 Å². The molecule has 0 aliphatic heterocycles. The molecule has 1 unspecified atom stereocenters. The van der Waals surface area contributed by atoms with E-state index < -0.39 is 0 Å². The minimum atomic E-state index is 0.158. The number of rotatable bonds is 5. The van der Waals surface area contributed by atoms with Crippen molar-refractivity contribution in [3.63, 3.8) is 0 Å². The third-order valence-electron chi connectivity index (χ3n) is 2.73. The predicted octanol–water partition coefficient (Wildman–Crippen LogP) is 2.52. The predicted molar refractivity (Wildman–Crippen MR) is 73.1 cm³/mol. The molecule has 1 atom stereocenters. The molecule has 3 rings (SSSR count). The van der Waals surface area contributed by atoms with Gasteiger partial charge < -0.3 is 5.73 Å². The molecule has 0 amide bonds. The van der Waals surface area contributed by atoms with Gasteiger partial charge in [-0.05, 0) is 35.4 Å².